The van der Waals surface area contributed by atoms with E-state index in [1.165, 1.54) is 4.90 Å². The van der Waals surface area contributed by atoms with E-state index in [-0.39, 0.29) is 23.3 Å². The Morgan fingerprint density at radius 2 is 1.87 bits per heavy atom. The number of ether oxygens (including phenoxy) is 1. The van der Waals surface area contributed by atoms with Crippen molar-refractivity contribution in [3.05, 3.63) is 34.7 Å². The molecule has 4 nitrogen and oxygen atoms in total. The summed E-state index contributed by atoms with van der Waals surface area (Å²) in [6, 6.07) is 7.50. The van der Waals surface area contributed by atoms with Gasteiger partial charge in [-0.05, 0) is 50.6 Å². The molecular weight excluding hydrogens is 310 g/mol. The lowest BCUT2D eigenvalue weighted by Gasteiger charge is -2.19. The van der Waals surface area contributed by atoms with Gasteiger partial charge in [0.05, 0.1) is 11.0 Å². The second-order valence-corrected chi connectivity index (χ2v) is 6.68. The van der Waals surface area contributed by atoms with E-state index >= 15 is 0 Å². The summed E-state index contributed by atoms with van der Waals surface area (Å²) in [5.41, 5.74) is 0.822. The molecule has 0 aromatic heterocycles. The van der Waals surface area contributed by atoms with Gasteiger partial charge in [0.15, 0.2) is 0 Å². The molecule has 0 saturated carbocycles. The lowest BCUT2D eigenvalue weighted by molar-refractivity contribution is -0.124. The molecule has 0 bridgehead atoms. The highest BCUT2D eigenvalue weighted by molar-refractivity contribution is 8.18. The van der Waals surface area contributed by atoms with Crippen molar-refractivity contribution in [1.82, 2.24) is 4.90 Å². The maximum Gasteiger partial charge on any atom is 0.293 e. The van der Waals surface area contributed by atoms with E-state index in [1.54, 1.807) is 6.08 Å². The minimum Gasteiger partial charge on any atom is -0.490 e. The van der Waals surface area contributed by atoms with Gasteiger partial charge < -0.3 is 4.74 Å². The molecular formula is C18H23NO3S. The number of hydrogen-bond acceptors (Lipinski definition) is 4. The van der Waals surface area contributed by atoms with Gasteiger partial charge in [0.25, 0.3) is 11.1 Å². The summed E-state index contributed by atoms with van der Waals surface area (Å²) in [7, 11) is 0. The third-order valence-corrected chi connectivity index (χ3v) is 4.85. The van der Waals surface area contributed by atoms with E-state index in [0.717, 1.165) is 35.9 Å². The van der Waals surface area contributed by atoms with Crippen molar-refractivity contribution in [1.29, 1.82) is 0 Å². The second-order valence-electron chi connectivity index (χ2n) is 5.68. The molecule has 0 N–H and O–H groups in total. The molecule has 0 spiro atoms. The number of carbonyl (C=O) groups is 2. The summed E-state index contributed by atoms with van der Waals surface area (Å²) in [4.78, 5) is 26.4. The quantitative estimate of drug-likeness (QED) is 0.708. The molecule has 0 radical (unpaired) electrons. The number of imide groups is 1. The first-order valence-electron chi connectivity index (χ1n) is 8.00. The van der Waals surface area contributed by atoms with Crippen LogP contribution in [0.1, 0.15) is 46.1 Å². The third kappa shape index (κ3) is 3.96. The average molecular weight is 333 g/mol. The van der Waals surface area contributed by atoms with Gasteiger partial charge in [0.2, 0.25) is 0 Å². The number of carbonyl (C=O) groups excluding carboxylic acids is 2. The van der Waals surface area contributed by atoms with Crippen LogP contribution >= 0.6 is 11.8 Å². The number of hydrogen-bond donors (Lipinski definition) is 0. The maximum absolute atomic E-state index is 12.5. The summed E-state index contributed by atoms with van der Waals surface area (Å²) >= 11 is 0.997. The second kappa shape index (κ2) is 7.68. The molecule has 1 aliphatic rings. The fourth-order valence-electron chi connectivity index (χ4n) is 2.19. The van der Waals surface area contributed by atoms with Crippen LogP contribution in [0.25, 0.3) is 6.08 Å². The maximum atomic E-state index is 12.5. The van der Waals surface area contributed by atoms with Crippen molar-refractivity contribution < 1.29 is 14.3 Å². The number of amides is 2. The topological polar surface area (TPSA) is 46.6 Å². The first kappa shape index (κ1) is 17.6. The highest BCUT2D eigenvalue weighted by Gasteiger charge is 2.37. The van der Waals surface area contributed by atoms with Crippen LogP contribution < -0.4 is 4.74 Å². The number of rotatable bonds is 6. The van der Waals surface area contributed by atoms with Crippen LogP contribution in [0.3, 0.4) is 0 Å². The standard InChI is InChI=1S/C18H23NO3S/c1-5-12(3)19-17(20)16(23-18(19)21)11-14-9-7-8-10-15(14)22-13(4)6-2/h7-13H,5-6H2,1-4H3/b16-11+/t12-,13-/m0/s1. The van der Waals surface area contributed by atoms with Crippen molar-refractivity contribution >= 4 is 29.0 Å². The SMILES string of the molecule is CC[C@H](C)Oc1ccccc1/C=C1/SC(=O)N([C@@H](C)CC)C1=O. The van der Waals surface area contributed by atoms with Crippen molar-refractivity contribution in [2.24, 2.45) is 0 Å². The molecule has 23 heavy (non-hydrogen) atoms. The molecule has 2 amide bonds. The highest BCUT2D eigenvalue weighted by Crippen LogP contribution is 2.35. The lowest BCUT2D eigenvalue weighted by Crippen LogP contribution is -2.36. The van der Waals surface area contributed by atoms with Crippen LogP contribution in [-0.4, -0.2) is 28.2 Å². The Kier molecular flexibility index (Phi) is 5.88. The molecule has 2 rings (SSSR count). The van der Waals surface area contributed by atoms with Crippen molar-refractivity contribution in [2.45, 2.75) is 52.7 Å². The predicted octanol–water partition coefficient (Wildman–Crippen LogP) is 4.70. The van der Waals surface area contributed by atoms with Crippen molar-refractivity contribution in [3.63, 3.8) is 0 Å². The minimum absolute atomic E-state index is 0.0833. The first-order valence-corrected chi connectivity index (χ1v) is 8.82. The average Bonchev–Trinajstić information content (AvgIpc) is 2.82. The van der Waals surface area contributed by atoms with Gasteiger partial charge in [-0.2, -0.15) is 0 Å². The smallest absolute Gasteiger partial charge is 0.293 e. The summed E-state index contributed by atoms with van der Waals surface area (Å²) in [5, 5.41) is -0.198. The monoisotopic (exact) mass is 333 g/mol. The Bertz CT molecular complexity index is 626. The van der Waals surface area contributed by atoms with E-state index in [9.17, 15) is 9.59 Å². The Balaban J connectivity index is 2.29. The zero-order chi connectivity index (χ0) is 17.0. The summed E-state index contributed by atoms with van der Waals surface area (Å²) in [5.74, 6) is 0.518. The van der Waals surface area contributed by atoms with E-state index < -0.39 is 0 Å². The lowest BCUT2D eigenvalue weighted by atomic mass is 10.1. The van der Waals surface area contributed by atoms with Gasteiger partial charge in [-0.15, -0.1) is 0 Å². The third-order valence-electron chi connectivity index (χ3n) is 3.96. The van der Waals surface area contributed by atoms with Gasteiger partial charge in [0.1, 0.15) is 5.75 Å². The molecule has 0 aliphatic carbocycles. The molecule has 1 aromatic rings. The van der Waals surface area contributed by atoms with Crippen molar-refractivity contribution in [3.8, 4) is 5.75 Å². The van der Waals surface area contributed by atoms with E-state index in [0.29, 0.717) is 4.91 Å². The molecule has 1 fully saturated rings. The van der Waals surface area contributed by atoms with Gasteiger partial charge in [-0.25, -0.2) is 0 Å². The van der Waals surface area contributed by atoms with Gasteiger partial charge in [-0.1, -0.05) is 32.0 Å². The number of nitrogens with zero attached hydrogens (tertiary/aromatic N) is 1. The van der Waals surface area contributed by atoms with Crippen LogP contribution in [0.15, 0.2) is 29.2 Å². The molecule has 0 unspecified atom stereocenters. The zero-order valence-electron chi connectivity index (χ0n) is 14.0. The van der Waals surface area contributed by atoms with Crippen LogP contribution in [-0.2, 0) is 4.79 Å². The molecule has 1 aromatic carbocycles. The van der Waals surface area contributed by atoms with Crippen LogP contribution in [0, 0.1) is 0 Å². The molecule has 1 heterocycles. The summed E-state index contributed by atoms with van der Waals surface area (Å²) in [6.45, 7) is 7.92. The first-order chi connectivity index (χ1) is 11.0. The molecule has 124 valence electrons. The fraction of sp³-hybridized carbons (Fsp3) is 0.444. The minimum atomic E-state index is -0.215. The predicted molar refractivity (Wildman–Crippen MR) is 94.4 cm³/mol. The molecule has 1 aliphatic heterocycles. The van der Waals surface area contributed by atoms with E-state index in [4.69, 9.17) is 4.74 Å². The normalized spacial score (nSPS) is 19.3. The Morgan fingerprint density at radius 1 is 1.17 bits per heavy atom. The van der Waals surface area contributed by atoms with Crippen LogP contribution in [0.5, 0.6) is 5.75 Å². The Morgan fingerprint density at radius 3 is 2.52 bits per heavy atom. The number of para-hydroxylation sites is 1. The van der Waals surface area contributed by atoms with Gasteiger partial charge in [-0.3, -0.25) is 14.5 Å². The Labute approximate surface area is 141 Å². The molecule has 2 atom stereocenters. The fourth-order valence-corrected chi connectivity index (χ4v) is 3.11. The largest absolute Gasteiger partial charge is 0.490 e. The van der Waals surface area contributed by atoms with E-state index in [1.807, 2.05) is 45.0 Å². The van der Waals surface area contributed by atoms with Gasteiger partial charge >= 0.3 is 0 Å². The molecule has 1 saturated heterocycles. The van der Waals surface area contributed by atoms with Crippen LogP contribution in [0.4, 0.5) is 4.79 Å². The van der Waals surface area contributed by atoms with Crippen molar-refractivity contribution in [2.75, 3.05) is 0 Å². The zero-order valence-corrected chi connectivity index (χ0v) is 14.9. The van der Waals surface area contributed by atoms with E-state index in [2.05, 4.69) is 6.92 Å². The number of thioether (sulfide) groups is 1. The summed E-state index contributed by atoms with van der Waals surface area (Å²) < 4.78 is 5.90. The number of benzene rings is 1. The Hall–Kier alpha value is -1.75. The van der Waals surface area contributed by atoms with Crippen LogP contribution in [0.2, 0.25) is 0 Å². The highest BCUT2D eigenvalue weighted by atomic mass is 32.2. The van der Waals surface area contributed by atoms with Gasteiger partial charge in [0, 0.05) is 11.6 Å². The summed E-state index contributed by atoms with van der Waals surface area (Å²) in [6.07, 6.45) is 3.50. The molecule has 5 heteroatoms.